The number of benzene rings is 2. The fourth-order valence-electron chi connectivity index (χ4n) is 3.31. The van der Waals surface area contributed by atoms with E-state index < -0.39 is 10.0 Å². The summed E-state index contributed by atoms with van der Waals surface area (Å²) in [6.45, 7) is 4.06. The Morgan fingerprint density at radius 1 is 1.15 bits per heavy atom. The van der Waals surface area contributed by atoms with Crippen LogP contribution in [0.1, 0.15) is 23.1 Å². The number of sulfonamides is 1. The van der Waals surface area contributed by atoms with E-state index in [0.29, 0.717) is 12.1 Å². The van der Waals surface area contributed by atoms with Crippen molar-refractivity contribution in [2.24, 2.45) is 0 Å². The Bertz CT molecular complexity index is 938. The van der Waals surface area contributed by atoms with Crippen LogP contribution in [0.3, 0.4) is 0 Å². The average Bonchev–Trinajstić information content (AvgIpc) is 2.63. The van der Waals surface area contributed by atoms with Crippen molar-refractivity contribution in [1.29, 1.82) is 0 Å². The van der Waals surface area contributed by atoms with Crippen molar-refractivity contribution >= 4 is 21.6 Å². The summed E-state index contributed by atoms with van der Waals surface area (Å²) in [6, 6.07) is 13.1. The molecule has 3 rings (SSSR count). The van der Waals surface area contributed by atoms with Gasteiger partial charge in [-0.05, 0) is 55.5 Å². The SMILES string of the molecule is Cc1ccc(C)c(S(=O)(=O)N(C)CC(=O)N2CCCc3ccccc32)c1. The predicted molar refractivity (Wildman–Crippen MR) is 103 cm³/mol. The minimum atomic E-state index is -3.72. The second kappa shape index (κ2) is 7.21. The van der Waals surface area contributed by atoms with Crippen molar-refractivity contribution in [2.45, 2.75) is 31.6 Å². The molecule has 0 N–H and O–H groups in total. The molecule has 0 bridgehead atoms. The number of para-hydroxylation sites is 1. The first-order chi connectivity index (χ1) is 12.3. The summed E-state index contributed by atoms with van der Waals surface area (Å²) in [5.41, 5.74) is 3.57. The lowest BCUT2D eigenvalue weighted by Gasteiger charge is -2.30. The molecule has 1 amide bonds. The molecular weight excluding hydrogens is 348 g/mol. The maximum Gasteiger partial charge on any atom is 0.243 e. The molecule has 0 saturated heterocycles. The van der Waals surface area contributed by atoms with E-state index in [0.717, 1.165) is 34.0 Å². The third-order valence-electron chi connectivity index (χ3n) is 4.80. The van der Waals surface area contributed by atoms with Gasteiger partial charge >= 0.3 is 0 Å². The molecule has 26 heavy (non-hydrogen) atoms. The Kier molecular flexibility index (Phi) is 5.16. The van der Waals surface area contributed by atoms with E-state index in [4.69, 9.17) is 0 Å². The first-order valence-corrected chi connectivity index (χ1v) is 10.2. The Morgan fingerprint density at radius 3 is 2.65 bits per heavy atom. The van der Waals surface area contributed by atoms with Crippen molar-refractivity contribution in [3.63, 3.8) is 0 Å². The van der Waals surface area contributed by atoms with Crippen LogP contribution >= 0.6 is 0 Å². The van der Waals surface area contributed by atoms with Gasteiger partial charge in [-0.15, -0.1) is 0 Å². The molecule has 0 aromatic heterocycles. The van der Waals surface area contributed by atoms with E-state index in [1.54, 1.807) is 24.0 Å². The number of amides is 1. The molecule has 2 aromatic carbocycles. The molecule has 0 saturated carbocycles. The Morgan fingerprint density at radius 2 is 1.88 bits per heavy atom. The Labute approximate surface area is 155 Å². The molecule has 1 heterocycles. The van der Waals surface area contributed by atoms with E-state index in [1.807, 2.05) is 37.3 Å². The van der Waals surface area contributed by atoms with Crippen molar-refractivity contribution in [3.8, 4) is 0 Å². The van der Waals surface area contributed by atoms with Gasteiger partial charge in [-0.25, -0.2) is 8.42 Å². The van der Waals surface area contributed by atoms with Crippen LogP contribution in [-0.4, -0.2) is 38.8 Å². The number of hydrogen-bond donors (Lipinski definition) is 0. The van der Waals surface area contributed by atoms with Gasteiger partial charge in [-0.2, -0.15) is 4.31 Å². The summed E-state index contributed by atoms with van der Waals surface area (Å²) in [5, 5.41) is 0. The van der Waals surface area contributed by atoms with E-state index >= 15 is 0 Å². The molecule has 0 spiro atoms. The van der Waals surface area contributed by atoms with Crippen LogP contribution in [0, 0.1) is 13.8 Å². The van der Waals surface area contributed by atoms with Gasteiger partial charge in [0, 0.05) is 19.3 Å². The summed E-state index contributed by atoms with van der Waals surface area (Å²) >= 11 is 0. The van der Waals surface area contributed by atoms with Crippen molar-refractivity contribution in [3.05, 3.63) is 59.2 Å². The lowest BCUT2D eigenvalue weighted by molar-refractivity contribution is -0.118. The maximum atomic E-state index is 12.9. The quantitative estimate of drug-likeness (QED) is 0.829. The maximum absolute atomic E-state index is 12.9. The standard InChI is InChI=1S/C20H24N2O3S/c1-15-10-11-16(2)19(13-15)26(24,25)21(3)14-20(23)22-12-6-8-17-7-4-5-9-18(17)22/h4-5,7,9-11,13H,6,8,12,14H2,1-3H3. The molecule has 2 aromatic rings. The van der Waals surface area contributed by atoms with E-state index in [1.165, 1.54) is 7.05 Å². The third kappa shape index (κ3) is 3.52. The van der Waals surface area contributed by atoms with Gasteiger partial charge in [0.1, 0.15) is 0 Å². The lowest BCUT2D eigenvalue weighted by Crippen LogP contribution is -2.43. The number of aryl methyl sites for hydroxylation is 3. The predicted octanol–water partition coefficient (Wildman–Crippen LogP) is 2.90. The molecule has 1 aliphatic heterocycles. The minimum absolute atomic E-state index is 0.177. The first-order valence-electron chi connectivity index (χ1n) is 8.72. The lowest BCUT2D eigenvalue weighted by atomic mass is 10.0. The summed E-state index contributed by atoms with van der Waals surface area (Å²) in [6.07, 6.45) is 1.83. The van der Waals surface area contributed by atoms with Crippen LogP contribution in [0.4, 0.5) is 5.69 Å². The van der Waals surface area contributed by atoms with Gasteiger partial charge < -0.3 is 4.90 Å². The normalized spacial score (nSPS) is 14.4. The average molecular weight is 372 g/mol. The van der Waals surface area contributed by atoms with Crippen LogP contribution < -0.4 is 4.90 Å². The second-order valence-corrected chi connectivity index (χ2v) is 8.82. The summed E-state index contributed by atoms with van der Waals surface area (Å²) in [4.78, 5) is 14.8. The molecule has 1 aliphatic rings. The first kappa shape index (κ1) is 18.6. The van der Waals surface area contributed by atoms with Gasteiger partial charge in [-0.1, -0.05) is 30.3 Å². The molecule has 138 valence electrons. The van der Waals surface area contributed by atoms with Gasteiger partial charge in [0.2, 0.25) is 15.9 Å². The molecule has 0 atom stereocenters. The summed E-state index contributed by atoms with van der Waals surface area (Å²) < 4.78 is 27.0. The van der Waals surface area contributed by atoms with E-state index in [-0.39, 0.29) is 17.3 Å². The third-order valence-corrected chi connectivity index (χ3v) is 6.75. The van der Waals surface area contributed by atoms with Crippen LogP contribution in [0.25, 0.3) is 0 Å². The monoisotopic (exact) mass is 372 g/mol. The topological polar surface area (TPSA) is 57.7 Å². The zero-order valence-corrected chi connectivity index (χ0v) is 16.2. The Balaban J connectivity index is 1.83. The number of carbonyl (C=O) groups excluding carboxylic acids is 1. The number of anilines is 1. The molecule has 6 heteroatoms. The highest BCUT2D eigenvalue weighted by molar-refractivity contribution is 7.89. The van der Waals surface area contributed by atoms with E-state index in [2.05, 4.69) is 0 Å². The summed E-state index contributed by atoms with van der Waals surface area (Å²) in [7, 11) is -2.25. The molecule has 5 nitrogen and oxygen atoms in total. The number of nitrogens with zero attached hydrogens (tertiary/aromatic N) is 2. The number of likely N-dealkylation sites (N-methyl/N-ethyl adjacent to an activating group) is 1. The number of hydrogen-bond acceptors (Lipinski definition) is 3. The van der Waals surface area contributed by atoms with Crippen molar-refractivity contribution < 1.29 is 13.2 Å². The van der Waals surface area contributed by atoms with Crippen molar-refractivity contribution in [2.75, 3.05) is 25.0 Å². The number of carbonyl (C=O) groups is 1. The van der Waals surface area contributed by atoms with Crippen molar-refractivity contribution in [1.82, 2.24) is 4.31 Å². The highest BCUT2D eigenvalue weighted by atomic mass is 32.2. The summed E-state index contributed by atoms with van der Waals surface area (Å²) in [5.74, 6) is -0.200. The van der Waals surface area contributed by atoms with Gasteiger partial charge in [0.05, 0.1) is 11.4 Å². The number of rotatable bonds is 4. The van der Waals surface area contributed by atoms with Crippen LogP contribution in [0.15, 0.2) is 47.4 Å². The van der Waals surface area contributed by atoms with Gasteiger partial charge in [-0.3, -0.25) is 4.79 Å². The van der Waals surface area contributed by atoms with Gasteiger partial charge in [0.25, 0.3) is 0 Å². The van der Waals surface area contributed by atoms with Crippen LogP contribution in [0.5, 0.6) is 0 Å². The Hall–Kier alpha value is -2.18. The highest BCUT2D eigenvalue weighted by Crippen LogP contribution is 2.27. The van der Waals surface area contributed by atoms with Crippen LogP contribution in [0.2, 0.25) is 0 Å². The van der Waals surface area contributed by atoms with E-state index in [9.17, 15) is 13.2 Å². The largest absolute Gasteiger partial charge is 0.311 e. The second-order valence-electron chi connectivity index (χ2n) is 6.81. The van der Waals surface area contributed by atoms with Crippen LogP contribution in [-0.2, 0) is 21.2 Å². The molecular formula is C20H24N2O3S. The molecule has 0 fully saturated rings. The fourth-order valence-corrected chi connectivity index (χ4v) is 4.73. The molecule has 0 radical (unpaired) electrons. The highest BCUT2D eigenvalue weighted by Gasteiger charge is 2.28. The van der Waals surface area contributed by atoms with Gasteiger partial charge in [0.15, 0.2) is 0 Å². The molecule has 0 aliphatic carbocycles. The number of fused-ring (bicyclic) bond motifs is 1. The fraction of sp³-hybridized carbons (Fsp3) is 0.350. The smallest absolute Gasteiger partial charge is 0.243 e. The zero-order valence-electron chi connectivity index (χ0n) is 15.4. The minimum Gasteiger partial charge on any atom is -0.311 e. The zero-order chi connectivity index (χ0) is 18.9. The molecule has 0 unspecified atom stereocenters.